The van der Waals surface area contributed by atoms with Gasteiger partial charge in [0.05, 0.1) is 14.2 Å². The molecule has 0 bridgehead atoms. The Kier molecular flexibility index (Phi) is 4.36. The molecule has 1 aromatic heterocycles. The number of aromatic nitrogens is 1. The van der Waals surface area contributed by atoms with E-state index in [1.807, 2.05) is 30.3 Å². The first-order chi connectivity index (χ1) is 12.8. The molecular formula is C23H21NO2. The molecule has 3 aromatic carbocycles. The van der Waals surface area contributed by atoms with Crippen LogP contribution >= 0.6 is 0 Å². The number of methoxy groups -OCH3 is 2. The summed E-state index contributed by atoms with van der Waals surface area (Å²) in [7, 11) is 3.40. The quantitative estimate of drug-likeness (QED) is 0.486. The Bertz CT molecular complexity index is 1030. The summed E-state index contributed by atoms with van der Waals surface area (Å²) in [6.45, 7) is 0.835. The van der Waals surface area contributed by atoms with Gasteiger partial charge in [0.1, 0.15) is 11.5 Å². The second kappa shape index (κ2) is 6.96. The highest BCUT2D eigenvalue weighted by atomic mass is 16.5. The summed E-state index contributed by atoms with van der Waals surface area (Å²) in [4.78, 5) is 0. The van der Waals surface area contributed by atoms with E-state index in [0.717, 1.165) is 29.2 Å². The Morgan fingerprint density at radius 1 is 0.808 bits per heavy atom. The summed E-state index contributed by atoms with van der Waals surface area (Å²) in [5.74, 6) is 1.78. The molecule has 3 nitrogen and oxygen atoms in total. The van der Waals surface area contributed by atoms with Gasteiger partial charge in [0.25, 0.3) is 0 Å². The average molecular weight is 343 g/mol. The minimum Gasteiger partial charge on any atom is -0.497 e. The van der Waals surface area contributed by atoms with Crippen LogP contribution in [0.15, 0.2) is 79.0 Å². The smallest absolute Gasteiger partial charge is 0.126 e. The zero-order valence-electron chi connectivity index (χ0n) is 15.0. The molecular weight excluding hydrogens is 322 g/mol. The molecule has 3 heteroatoms. The van der Waals surface area contributed by atoms with Crippen molar-refractivity contribution in [2.75, 3.05) is 14.2 Å². The summed E-state index contributed by atoms with van der Waals surface area (Å²) in [5, 5.41) is 1.22. The monoisotopic (exact) mass is 343 g/mol. The lowest BCUT2D eigenvalue weighted by Gasteiger charge is -2.10. The molecule has 0 saturated heterocycles. The molecule has 4 aromatic rings. The van der Waals surface area contributed by atoms with Crippen molar-refractivity contribution in [3.63, 3.8) is 0 Å². The Hall–Kier alpha value is -3.20. The first kappa shape index (κ1) is 16.3. The minimum absolute atomic E-state index is 0.835. The van der Waals surface area contributed by atoms with Gasteiger partial charge in [0, 0.05) is 29.2 Å². The van der Waals surface area contributed by atoms with Crippen LogP contribution in [0, 0.1) is 0 Å². The third kappa shape index (κ3) is 3.04. The fraction of sp³-hybridized carbons (Fsp3) is 0.130. The summed E-state index contributed by atoms with van der Waals surface area (Å²) in [6.07, 6.45) is 2.14. The minimum atomic E-state index is 0.835. The molecule has 0 atom stereocenters. The summed E-state index contributed by atoms with van der Waals surface area (Å²) < 4.78 is 13.0. The van der Waals surface area contributed by atoms with Crippen molar-refractivity contribution in [2.24, 2.45) is 0 Å². The fourth-order valence-electron chi connectivity index (χ4n) is 3.32. The van der Waals surface area contributed by atoms with Gasteiger partial charge >= 0.3 is 0 Å². The molecule has 130 valence electrons. The van der Waals surface area contributed by atoms with E-state index in [9.17, 15) is 0 Å². The molecule has 1 heterocycles. The SMILES string of the molecule is COc1ccc(Cn2ccc3cc(-c4ccccc4OC)ccc32)cc1. The second-order valence-electron chi connectivity index (χ2n) is 6.27. The first-order valence-corrected chi connectivity index (χ1v) is 8.64. The lowest BCUT2D eigenvalue weighted by Crippen LogP contribution is -1.97. The highest BCUT2D eigenvalue weighted by Crippen LogP contribution is 2.32. The molecule has 26 heavy (non-hydrogen) atoms. The first-order valence-electron chi connectivity index (χ1n) is 8.64. The van der Waals surface area contributed by atoms with E-state index in [1.54, 1.807) is 14.2 Å². The number of fused-ring (bicyclic) bond motifs is 1. The standard InChI is InChI=1S/C23H21NO2/c1-25-20-10-7-17(8-11-20)16-24-14-13-19-15-18(9-12-22(19)24)21-5-3-4-6-23(21)26-2/h3-15H,16H2,1-2H3. The molecule has 0 N–H and O–H groups in total. The van der Waals surface area contributed by atoms with E-state index < -0.39 is 0 Å². The Morgan fingerprint density at radius 2 is 1.62 bits per heavy atom. The topological polar surface area (TPSA) is 23.4 Å². The van der Waals surface area contributed by atoms with Crippen molar-refractivity contribution < 1.29 is 9.47 Å². The maximum atomic E-state index is 5.50. The molecule has 0 aliphatic rings. The van der Waals surface area contributed by atoms with Gasteiger partial charge in [-0.15, -0.1) is 0 Å². The second-order valence-corrected chi connectivity index (χ2v) is 6.27. The van der Waals surface area contributed by atoms with Crippen molar-refractivity contribution >= 4 is 10.9 Å². The van der Waals surface area contributed by atoms with Crippen molar-refractivity contribution in [1.29, 1.82) is 0 Å². The number of nitrogens with zero attached hydrogens (tertiary/aromatic N) is 1. The zero-order chi connectivity index (χ0) is 17.9. The summed E-state index contributed by atoms with van der Waals surface area (Å²) >= 11 is 0. The van der Waals surface area contributed by atoms with Gasteiger partial charge in [-0.2, -0.15) is 0 Å². The molecule has 0 aliphatic heterocycles. The van der Waals surface area contributed by atoms with Gasteiger partial charge in [0.2, 0.25) is 0 Å². The molecule has 0 spiro atoms. The van der Waals surface area contributed by atoms with E-state index in [4.69, 9.17) is 9.47 Å². The zero-order valence-corrected chi connectivity index (χ0v) is 15.0. The van der Waals surface area contributed by atoms with Crippen LogP contribution in [-0.2, 0) is 6.54 Å². The van der Waals surface area contributed by atoms with Crippen LogP contribution in [0.1, 0.15) is 5.56 Å². The van der Waals surface area contributed by atoms with E-state index in [1.165, 1.54) is 16.5 Å². The number of hydrogen-bond acceptors (Lipinski definition) is 2. The van der Waals surface area contributed by atoms with Gasteiger partial charge in [-0.25, -0.2) is 0 Å². The predicted octanol–water partition coefficient (Wildman–Crippen LogP) is 5.37. The number of benzene rings is 3. The summed E-state index contributed by atoms with van der Waals surface area (Å²) in [6, 6.07) is 25.1. The van der Waals surface area contributed by atoms with Crippen LogP contribution in [0.3, 0.4) is 0 Å². The van der Waals surface area contributed by atoms with Gasteiger partial charge in [0.15, 0.2) is 0 Å². The number of hydrogen-bond donors (Lipinski definition) is 0. The van der Waals surface area contributed by atoms with Crippen LogP contribution in [0.2, 0.25) is 0 Å². The lowest BCUT2D eigenvalue weighted by atomic mass is 10.0. The Balaban J connectivity index is 1.67. The Morgan fingerprint density at radius 3 is 2.38 bits per heavy atom. The molecule has 0 unspecified atom stereocenters. The lowest BCUT2D eigenvalue weighted by molar-refractivity contribution is 0.414. The largest absolute Gasteiger partial charge is 0.497 e. The van der Waals surface area contributed by atoms with Gasteiger partial charge in [-0.05, 0) is 47.5 Å². The van der Waals surface area contributed by atoms with Gasteiger partial charge in [-0.1, -0.05) is 36.4 Å². The molecule has 0 amide bonds. The molecule has 4 rings (SSSR count). The maximum Gasteiger partial charge on any atom is 0.126 e. The third-order valence-corrected chi connectivity index (χ3v) is 4.70. The highest BCUT2D eigenvalue weighted by molar-refractivity contribution is 5.87. The van der Waals surface area contributed by atoms with Crippen molar-refractivity contribution in [3.8, 4) is 22.6 Å². The maximum absolute atomic E-state index is 5.50. The third-order valence-electron chi connectivity index (χ3n) is 4.70. The predicted molar refractivity (Wildman–Crippen MR) is 106 cm³/mol. The van der Waals surface area contributed by atoms with Crippen LogP contribution in [-0.4, -0.2) is 18.8 Å². The number of para-hydroxylation sites is 1. The van der Waals surface area contributed by atoms with Crippen molar-refractivity contribution in [2.45, 2.75) is 6.54 Å². The number of rotatable bonds is 5. The van der Waals surface area contributed by atoms with Crippen LogP contribution < -0.4 is 9.47 Å². The van der Waals surface area contributed by atoms with E-state index in [0.29, 0.717) is 0 Å². The molecule has 0 saturated carbocycles. The van der Waals surface area contributed by atoms with E-state index >= 15 is 0 Å². The van der Waals surface area contributed by atoms with Crippen LogP contribution in [0.25, 0.3) is 22.0 Å². The molecule has 0 aliphatic carbocycles. The fourth-order valence-corrected chi connectivity index (χ4v) is 3.32. The van der Waals surface area contributed by atoms with Crippen molar-refractivity contribution in [1.82, 2.24) is 4.57 Å². The molecule has 0 fully saturated rings. The molecule has 0 radical (unpaired) electrons. The van der Waals surface area contributed by atoms with E-state index in [2.05, 4.69) is 53.2 Å². The highest BCUT2D eigenvalue weighted by Gasteiger charge is 2.08. The van der Waals surface area contributed by atoms with Crippen LogP contribution in [0.4, 0.5) is 0 Å². The summed E-state index contributed by atoms with van der Waals surface area (Å²) in [5.41, 5.74) is 4.74. The van der Waals surface area contributed by atoms with Crippen molar-refractivity contribution in [3.05, 3.63) is 84.6 Å². The normalized spacial score (nSPS) is 10.8. The van der Waals surface area contributed by atoms with Gasteiger partial charge < -0.3 is 14.0 Å². The average Bonchev–Trinajstić information content (AvgIpc) is 3.10. The van der Waals surface area contributed by atoms with Crippen LogP contribution in [0.5, 0.6) is 11.5 Å². The Labute approximate surface area is 153 Å². The van der Waals surface area contributed by atoms with E-state index in [-0.39, 0.29) is 0 Å². The number of ether oxygens (including phenoxy) is 2. The van der Waals surface area contributed by atoms with Gasteiger partial charge in [-0.3, -0.25) is 0 Å².